The van der Waals surface area contributed by atoms with E-state index in [9.17, 15) is 33.7 Å². The van der Waals surface area contributed by atoms with Crippen molar-refractivity contribution in [2.24, 2.45) is 0 Å². The molecule has 0 amide bonds. The molecule has 11 nitrogen and oxygen atoms in total. The van der Waals surface area contributed by atoms with Gasteiger partial charge in [0.1, 0.15) is 0 Å². The van der Waals surface area contributed by atoms with E-state index in [2.05, 4.69) is 12.5 Å². The SMILES string of the molecule is CCCOS(=O)(=O)C(C)OS(=O)(=O)CCCCCCS(=O)(=O)OC(C)S(C)(=O)=O. The average Bonchev–Trinajstić information content (AvgIpc) is 2.54. The summed E-state index contributed by atoms with van der Waals surface area (Å²) in [4.78, 5) is 0. The van der Waals surface area contributed by atoms with Crippen molar-refractivity contribution in [1.82, 2.24) is 0 Å². The molecule has 0 aliphatic heterocycles. The Kier molecular flexibility index (Phi) is 11.8. The third-order valence-corrected chi connectivity index (χ3v) is 9.26. The average molecular weight is 503 g/mol. The van der Waals surface area contributed by atoms with Crippen LogP contribution in [0, 0.1) is 0 Å². The predicted octanol–water partition coefficient (Wildman–Crippen LogP) is 0.733. The van der Waals surface area contributed by atoms with Crippen LogP contribution in [0.1, 0.15) is 52.9 Å². The molecule has 2 atom stereocenters. The molecule has 0 aliphatic rings. The van der Waals surface area contributed by atoms with Crippen molar-refractivity contribution in [2.45, 2.75) is 63.7 Å². The van der Waals surface area contributed by atoms with Crippen LogP contribution < -0.4 is 0 Å². The van der Waals surface area contributed by atoms with Crippen LogP contribution in [0.25, 0.3) is 0 Å². The van der Waals surface area contributed by atoms with Gasteiger partial charge < -0.3 is 0 Å². The Morgan fingerprint density at radius 2 is 1.10 bits per heavy atom. The van der Waals surface area contributed by atoms with Crippen LogP contribution >= 0.6 is 0 Å². The molecule has 0 N–H and O–H groups in total. The number of rotatable bonds is 16. The van der Waals surface area contributed by atoms with E-state index >= 15 is 0 Å². The molecule has 0 heterocycles. The second-order valence-corrected chi connectivity index (χ2v) is 14.0. The van der Waals surface area contributed by atoms with Crippen molar-refractivity contribution in [2.75, 3.05) is 24.4 Å². The van der Waals surface area contributed by atoms with Crippen molar-refractivity contribution in [3.05, 3.63) is 0 Å². The van der Waals surface area contributed by atoms with E-state index in [-0.39, 0.29) is 19.4 Å². The zero-order valence-corrected chi connectivity index (χ0v) is 20.2. The molecule has 0 aromatic rings. The minimum absolute atomic E-state index is 0.0777. The highest BCUT2D eigenvalue weighted by atomic mass is 32.2. The Morgan fingerprint density at radius 1 is 0.690 bits per heavy atom. The second-order valence-electron chi connectivity index (χ2n) is 6.41. The van der Waals surface area contributed by atoms with Gasteiger partial charge in [-0.1, -0.05) is 19.8 Å². The fraction of sp³-hybridized carbons (Fsp3) is 1.00. The lowest BCUT2D eigenvalue weighted by Crippen LogP contribution is -2.27. The fourth-order valence-electron chi connectivity index (χ4n) is 1.84. The Hall–Kier alpha value is -0.320. The lowest BCUT2D eigenvalue weighted by molar-refractivity contribution is 0.245. The first kappa shape index (κ1) is 28.7. The molecule has 0 saturated carbocycles. The highest BCUT2D eigenvalue weighted by Crippen LogP contribution is 2.13. The maximum Gasteiger partial charge on any atom is 0.295 e. The van der Waals surface area contributed by atoms with E-state index in [4.69, 9.17) is 0 Å². The van der Waals surface area contributed by atoms with E-state index in [1.165, 1.54) is 0 Å². The highest BCUT2D eigenvalue weighted by Gasteiger charge is 2.28. The van der Waals surface area contributed by atoms with E-state index in [0.29, 0.717) is 19.3 Å². The third-order valence-electron chi connectivity index (χ3n) is 3.56. The smallest absolute Gasteiger partial charge is 0.268 e. The topological polar surface area (TPSA) is 164 Å². The van der Waals surface area contributed by atoms with Gasteiger partial charge in [0, 0.05) is 6.26 Å². The molecule has 0 aromatic carbocycles. The van der Waals surface area contributed by atoms with Crippen LogP contribution in [0.5, 0.6) is 0 Å². The molecule has 0 fully saturated rings. The summed E-state index contributed by atoms with van der Waals surface area (Å²) >= 11 is 0. The highest BCUT2D eigenvalue weighted by molar-refractivity contribution is 7.92. The molecule has 15 heteroatoms. The van der Waals surface area contributed by atoms with Gasteiger partial charge in [-0.25, -0.2) is 12.6 Å². The number of sulfone groups is 1. The summed E-state index contributed by atoms with van der Waals surface area (Å²) in [5.41, 5.74) is -3.15. The van der Waals surface area contributed by atoms with Crippen LogP contribution in [-0.2, 0) is 52.7 Å². The molecule has 0 saturated heterocycles. The monoisotopic (exact) mass is 502 g/mol. The van der Waals surface area contributed by atoms with E-state index in [1.807, 2.05) is 0 Å². The van der Waals surface area contributed by atoms with Crippen LogP contribution in [-0.4, -0.2) is 68.9 Å². The zero-order valence-electron chi connectivity index (χ0n) is 16.9. The van der Waals surface area contributed by atoms with Gasteiger partial charge in [-0.3, -0.25) is 8.37 Å². The number of hydrogen-bond donors (Lipinski definition) is 0. The van der Waals surface area contributed by atoms with Crippen molar-refractivity contribution < 1.29 is 46.2 Å². The van der Waals surface area contributed by atoms with Gasteiger partial charge in [-0.2, -0.15) is 25.3 Å². The lowest BCUT2D eigenvalue weighted by atomic mass is 10.2. The summed E-state index contributed by atoms with van der Waals surface area (Å²) in [7, 11) is -15.9. The van der Waals surface area contributed by atoms with Crippen LogP contribution in [0.2, 0.25) is 0 Å². The van der Waals surface area contributed by atoms with E-state index in [0.717, 1.165) is 20.1 Å². The first-order valence-corrected chi connectivity index (χ1v) is 15.5. The minimum Gasteiger partial charge on any atom is -0.268 e. The molecular weight excluding hydrogens is 472 g/mol. The van der Waals surface area contributed by atoms with Gasteiger partial charge in [-0.15, -0.1) is 0 Å². The Bertz CT molecular complexity index is 903. The molecule has 29 heavy (non-hydrogen) atoms. The first-order valence-electron chi connectivity index (χ1n) is 8.91. The summed E-state index contributed by atoms with van der Waals surface area (Å²) in [6.07, 6.45) is 2.26. The van der Waals surface area contributed by atoms with Crippen molar-refractivity contribution in [1.29, 1.82) is 0 Å². The molecule has 0 bridgehead atoms. The maximum atomic E-state index is 11.9. The molecule has 0 spiro atoms. The molecule has 0 radical (unpaired) electrons. The molecular formula is C14H30O11S4. The maximum absolute atomic E-state index is 11.9. The fourth-order valence-corrected chi connectivity index (χ4v) is 6.23. The van der Waals surface area contributed by atoms with E-state index in [1.54, 1.807) is 6.92 Å². The summed E-state index contributed by atoms with van der Waals surface area (Å²) in [5, 5.41) is 0. The van der Waals surface area contributed by atoms with Gasteiger partial charge in [-0.05, 0) is 33.1 Å². The van der Waals surface area contributed by atoms with Crippen LogP contribution in [0.15, 0.2) is 0 Å². The second kappa shape index (κ2) is 11.9. The normalized spacial score (nSPS) is 15.9. The molecule has 176 valence electrons. The Labute approximate surface area is 174 Å². The van der Waals surface area contributed by atoms with Gasteiger partial charge in [0.15, 0.2) is 20.7 Å². The Morgan fingerprint density at radius 3 is 1.48 bits per heavy atom. The number of unbranched alkanes of at least 4 members (excludes halogenated alkanes) is 3. The summed E-state index contributed by atoms with van der Waals surface area (Å²) in [5.74, 6) is -0.838. The standard InChI is InChI=1S/C14H30O11S4/c1-5-10-23-29(21,22)14(3)25-28(19,20)12-9-7-6-8-11-27(17,18)24-13(2)26(4,15)16/h13-14H,5-12H2,1-4H3. The molecule has 2 unspecified atom stereocenters. The van der Waals surface area contributed by atoms with Crippen LogP contribution in [0.4, 0.5) is 0 Å². The van der Waals surface area contributed by atoms with Crippen molar-refractivity contribution >= 4 is 40.2 Å². The van der Waals surface area contributed by atoms with Crippen molar-refractivity contribution in [3.8, 4) is 0 Å². The van der Waals surface area contributed by atoms with Gasteiger partial charge >= 0.3 is 0 Å². The molecule has 0 aliphatic carbocycles. The molecule has 0 rings (SSSR count). The summed E-state index contributed by atoms with van der Waals surface area (Å²) in [6.45, 7) is 3.80. The first-order chi connectivity index (χ1) is 13.0. The summed E-state index contributed by atoms with van der Waals surface area (Å²) in [6, 6.07) is 0. The zero-order chi connectivity index (χ0) is 22.9. The quantitative estimate of drug-likeness (QED) is 0.216. The van der Waals surface area contributed by atoms with E-state index < -0.39 is 62.6 Å². The lowest BCUT2D eigenvalue weighted by Gasteiger charge is -2.13. The van der Waals surface area contributed by atoms with Crippen LogP contribution in [0.3, 0.4) is 0 Å². The largest absolute Gasteiger partial charge is 0.295 e. The minimum atomic E-state index is -4.16. The number of hydrogen-bond acceptors (Lipinski definition) is 11. The molecule has 0 aromatic heterocycles. The van der Waals surface area contributed by atoms with Crippen molar-refractivity contribution in [3.63, 3.8) is 0 Å². The van der Waals surface area contributed by atoms with Gasteiger partial charge in [0.25, 0.3) is 30.4 Å². The predicted molar refractivity (Wildman–Crippen MR) is 107 cm³/mol. The van der Waals surface area contributed by atoms with Gasteiger partial charge in [0.05, 0.1) is 18.1 Å². The third kappa shape index (κ3) is 12.9. The Balaban J connectivity index is 4.31. The summed E-state index contributed by atoms with van der Waals surface area (Å²) < 4.78 is 107. The van der Waals surface area contributed by atoms with Gasteiger partial charge in [0.2, 0.25) is 0 Å².